The number of rotatable bonds is 6. The highest BCUT2D eigenvalue weighted by Crippen LogP contribution is 2.27. The highest BCUT2D eigenvalue weighted by molar-refractivity contribution is 6.00. The Morgan fingerprint density at radius 2 is 2.05 bits per heavy atom. The van der Waals surface area contributed by atoms with Crippen molar-refractivity contribution in [1.82, 2.24) is 5.32 Å². The Hall–Kier alpha value is -2.36. The van der Waals surface area contributed by atoms with Crippen LogP contribution < -0.4 is 10.1 Å². The highest BCUT2D eigenvalue weighted by Gasteiger charge is 2.18. The normalized spacial score (nSPS) is 14.4. The quantitative estimate of drug-likeness (QED) is 0.834. The summed E-state index contributed by atoms with van der Waals surface area (Å²) in [6, 6.07) is 11.3. The zero-order chi connectivity index (χ0) is 15.4. The third-order valence-electron chi connectivity index (χ3n) is 4.22. The molecule has 1 fully saturated rings. The van der Waals surface area contributed by atoms with E-state index in [1.165, 1.54) is 19.3 Å². The Labute approximate surface area is 129 Å². The molecule has 0 radical (unpaired) electrons. The molecule has 1 aliphatic carbocycles. The van der Waals surface area contributed by atoms with Crippen LogP contribution in [-0.2, 0) is 4.79 Å². The van der Waals surface area contributed by atoms with Gasteiger partial charge in [-0.25, -0.2) is 0 Å². The third kappa shape index (κ3) is 3.11. The van der Waals surface area contributed by atoms with E-state index in [4.69, 9.17) is 4.74 Å². The molecule has 0 heterocycles. The van der Waals surface area contributed by atoms with Crippen LogP contribution in [0.3, 0.4) is 0 Å². The summed E-state index contributed by atoms with van der Waals surface area (Å²) in [7, 11) is 0. The number of fused-ring (bicyclic) bond motifs is 1. The minimum absolute atomic E-state index is 0.0636. The first-order valence-corrected chi connectivity index (χ1v) is 7.64. The lowest BCUT2D eigenvalue weighted by Gasteiger charge is -2.25. The van der Waals surface area contributed by atoms with Crippen molar-refractivity contribution in [3.63, 3.8) is 0 Å². The van der Waals surface area contributed by atoms with Gasteiger partial charge in [0.25, 0.3) is 5.91 Å². The summed E-state index contributed by atoms with van der Waals surface area (Å²) >= 11 is 0. The van der Waals surface area contributed by atoms with Crippen LogP contribution >= 0.6 is 0 Å². The van der Waals surface area contributed by atoms with Gasteiger partial charge in [-0.15, -0.1) is 0 Å². The molecule has 2 aromatic rings. The van der Waals surface area contributed by atoms with E-state index < -0.39 is 0 Å². The van der Waals surface area contributed by atoms with Crippen molar-refractivity contribution in [1.29, 1.82) is 0 Å². The lowest BCUT2D eigenvalue weighted by molar-refractivity contribution is -0.123. The van der Waals surface area contributed by atoms with E-state index in [2.05, 4.69) is 5.32 Å². The van der Waals surface area contributed by atoms with Crippen LogP contribution in [0.25, 0.3) is 10.8 Å². The molecule has 1 aliphatic rings. The van der Waals surface area contributed by atoms with Crippen molar-refractivity contribution in [2.75, 3.05) is 13.2 Å². The van der Waals surface area contributed by atoms with Crippen molar-refractivity contribution < 1.29 is 14.3 Å². The number of aldehydes is 1. The molecule has 0 aliphatic heterocycles. The van der Waals surface area contributed by atoms with Crippen LogP contribution in [0, 0.1) is 5.92 Å². The van der Waals surface area contributed by atoms with Gasteiger partial charge < -0.3 is 10.1 Å². The molecule has 1 N–H and O–H groups in total. The molecular weight excluding hydrogens is 278 g/mol. The third-order valence-corrected chi connectivity index (χ3v) is 4.22. The molecule has 0 spiro atoms. The van der Waals surface area contributed by atoms with Crippen molar-refractivity contribution in [2.45, 2.75) is 19.3 Å². The van der Waals surface area contributed by atoms with Crippen LogP contribution in [-0.4, -0.2) is 25.3 Å². The summed E-state index contributed by atoms with van der Waals surface area (Å²) in [4.78, 5) is 23.2. The number of hydrogen-bond acceptors (Lipinski definition) is 3. The summed E-state index contributed by atoms with van der Waals surface area (Å²) in [5.41, 5.74) is 0.491. The van der Waals surface area contributed by atoms with E-state index in [1.54, 1.807) is 6.07 Å². The van der Waals surface area contributed by atoms with Gasteiger partial charge >= 0.3 is 0 Å². The van der Waals surface area contributed by atoms with Crippen LogP contribution in [0.2, 0.25) is 0 Å². The Balaban J connectivity index is 1.65. The van der Waals surface area contributed by atoms with Gasteiger partial charge in [-0.3, -0.25) is 9.59 Å². The molecule has 114 valence electrons. The van der Waals surface area contributed by atoms with Crippen molar-refractivity contribution in [2.24, 2.45) is 5.92 Å². The molecule has 0 bridgehead atoms. The van der Waals surface area contributed by atoms with Gasteiger partial charge in [-0.2, -0.15) is 0 Å². The SMILES string of the molecule is O=Cc1c(OCC(=O)NCC2CCC2)ccc2ccccc12. The van der Waals surface area contributed by atoms with Crippen LogP contribution in [0.4, 0.5) is 0 Å². The number of carbonyl (C=O) groups excluding carboxylic acids is 2. The van der Waals surface area contributed by atoms with Crippen LogP contribution in [0.1, 0.15) is 29.6 Å². The fraction of sp³-hybridized carbons (Fsp3) is 0.333. The minimum Gasteiger partial charge on any atom is -0.483 e. The molecule has 0 unspecified atom stereocenters. The smallest absolute Gasteiger partial charge is 0.257 e. The first-order chi connectivity index (χ1) is 10.8. The molecule has 3 rings (SSSR count). The molecule has 4 nitrogen and oxygen atoms in total. The largest absolute Gasteiger partial charge is 0.483 e. The molecule has 0 saturated heterocycles. The Kier molecular flexibility index (Phi) is 4.37. The van der Waals surface area contributed by atoms with Gasteiger partial charge in [-0.1, -0.05) is 36.8 Å². The molecular formula is C18H19NO3. The fourth-order valence-electron chi connectivity index (χ4n) is 2.67. The zero-order valence-corrected chi connectivity index (χ0v) is 12.4. The molecule has 0 atom stereocenters. The van der Waals surface area contributed by atoms with Gasteiger partial charge in [0.15, 0.2) is 12.9 Å². The average Bonchev–Trinajstić information content (AvgIpc) is 2.50. The van der Waals surface area contributed by atoms with Crippen molar-refractivity contribution >= 4 is 23.0 Å². The number of nitrogens with one attached hydrogen (secondary N) is 1. The summed E-state index contributed by atoms with van der Waals surface area (Å²) in [6.07, 6.45) is 4.43. The fourth-order valence-corrected chi connectivity index (χ4v) is 2.67. The van der Waals surface area contributed by atoms with E-state index in [9.17, 15) is 9.59 Å². The second-order valence-corrected chi connectivity index (χ2v) is 5.71. The van der Waals surface area contributed by atoms with E-state index >= 15 is 0 Å². The van der Waals surface area contributed by atoms with Crippen molar-refractivity contribution in [3.05, 3.63) is 42.0 Å². The highest BCUT2D eigenvalue weighted by atomic mass is 16.5. The Morgan fingerprint density at radius 1 is 1.23 bits per heavy atom. The van der Waals surface area contributed by atoms with Gasteiger partial charge in [0.1, 0.15) is 5.75 Å². The zero-order valence-electron chi connectivity index (χ0n) is 12.4. The standard InChI is InChI=1S/C18H19NO3/c20-11-16-15-7-2-1-6-14(15)8-9-17(16)22-12-18(21)19-10-13-4-3-5-13/h1-2,6-9,11,13H,3-5,10,12H2,(H,19,21). The number of benzene rings is 2. The average molecular weight is 297 g/mol. The molecule has 22 heavy (non-hydrogen) atoms. The number of amides is 1. The van der Waals surface area contributed by atoms with E-state index in [0.29, 0.717) is 17.2 Å². The molecule has 2 aromatic carbocycles. The van der Waals surface area contributed by atoms with Gasteiger partial charge in [0.2, 0.25) is 0 Å². The van der Waals surface area contributed by atoms with E-state index in [1.807, 2.05) is 30.3 Å². The van der Waals surface area contributed by atoms with E-state index in [0.717, 1.165) is 23.6 Å². The molecule has 0 aromatic heterocycles. The number of ether oxygens (including phenoxy) is 1. The number of carbonyl (C=O) groups is 2. The second kappa shape index (κ2) is 6.60. The van der Waals surface area contributed by atoms with Crippen LogP contribution in [0.15, 0.2) is 36.4 Å². The lowest BCUT2D eigenvalue weighted by Crippen LogP contribution is -2.35. The van der Waals surface area contributed by atoms with Gasteiger partial charge in [-0.05, 0) is 35.6 Å². The summed E-state index contributed by atoms with van der Waals surface area (Å²) < 4.78 is 5.54. The summed E-state index contributed by atoms with van der Waals surface area (Å²) in [5, 5.41) is 4.69. The maximum Gasteiger partial charge on any atom is 0.257 e. The molecule has 1 amide bonds. The first-order valence-electron chi connectivity index (χ1n) is 7.64. The maximum atomic E-state index is 11.8. The summed E-state index contributed by atoms with van der Waals surface area (Å²) in [6.45, 7) is 0.659. The van der Waals surface area contributed by atoms with Crippen LogP contribution in [0.5, 0.6) is 5.75 Å². The monoisotopic (exact) mass is 297 g/mol. The molecule has 1 saturated carbocycles. The predicted molar refractivity (Wildman–Crippen MR) is 85.2 cm³/mol. The Morgan fingerprint density at radius 3 is 2.77 bits per heavy atom. The van der Waals surface area contributed by atoms with Gasteiger partial charge in [0, 0.05) is 6.54 Å². The Bertz CT molecular complexity index is 692. The first kappa shape index (κ1) is 14.6. The lowest BCUT2D eigenvalue weighted by atomic mass is 9.85. The maximum absolute atomic E-state index is 11.8. The summed E-state index contributed by atoms with van der Waals surface area (Å²) in [5.74, 6) is 0.930. The minimum atomic E-state index is -0.142. The number of hydrogen-bond donors (Lipinski definition) is 1. The predicted octanol–water partition coefficient (Wildman–Crippen LogP) is 2.95. The second-order valence-electron chi connectivity index (χ2n) is 5.71. The topological polar surface area (TPSA) is 55.4 Å². The van der Waals surface area contributed by atoms with Gasteiger partial charge in [0.05, 0.1) is 5.56 Å². The van der Waals surface area contributed by atoms with E-state index in [-0.39, 0.29) is 12.5 Å². The molecule has 4 heteroatoms. The van der Waals surface area contributed by atoms with Crippen molar-refractivity contribution in [3.8, 4) is 5.75 Å².